The van der Waals surface area contributed by atoms with Crippen LogP contribution in [0.15, 0.2) is 22.8 Å². The van der Waals surface area contributed by atoms with E-state index in [1.165, 1.54) is 6.26 Å². The minimum absolute atomic E-state index is 0.0398. The van der Waals surface area contributed by atoms with Gasteiger partial charge in [-0.3, -0.25) is 9.59 Å². The molecule has 0 atom stereocenters. The number of ketones is 1. The van der Waals surface area contributed by atoms with Gasteiger partial charge in [0, 0.05) is 23.8 Å². The van der Waals surface area contributed by atoms with Gasteiger partial charge >= 0.3 is 5.97 Å². The Hall–Kier alpha value is -2.83. The van der Waals surface area contributed by atoms with Crippen LogP contribution in [0.4, 0.5) is 0 Å². The number of aromatic nitrogens is 1. The van der Waals surface area contributed by atoms with E-state index in [0.717, 1.165) is 12.8 Å². The van der Waals surface area contributed by atoms with Crippen LogP contribution >= 0.6 is 0 Å². The fourth-order valence-electron chi connectivity index (χ4n) is 3.69. The lowest BCUT2D eigenvalue weighted by molar-refractivity contribution is 0.0512. The standard InChI is InChI=1S/C21H26N2O5/c1-5-22-14(4)18(13(3)19(22)21(26)27-6-2)16(24)12-23(15-9-10-15)20(25)17-8-7-11-28-17/h7-8,11,15H,5-6,9-10,12H2,1-4H3. The average molecular weight is 386 g/mol. The lowest BCUT2D eigenvalue weighted by Gasteiger charge is -2.20. The second kappa shape index (κ2) is 8.04. The summed E-state index contributed by atoms with van der Waals surface area (Å²) in [6.45, 7) is 8.02. The third-order valence-corrected chi connectivity index (χ3v) is 5.13. The molecule has 1 aliphatic carbocycles. The van der Waals surface area contributed by atoms with Crippen molar-refractivity contribution in [3.63, 3.8) is 0 Å². The van der Waals surface area contributed by atoms with Crippen molar-refractivity contribution in [1.82, 2.24) is 9.47 Å². The Labute approximate surface area is 164 Å². The fraction of sp³-hybridized carbons (Fsp3) is 0.476. The van der Waals surface area contributed by atoms with Crippen LogP contribution in [0.25, 0.3) is 0 Å². The van der Waals surface area contributed by atoms with E-state index in [1.54, 1.807) is 35.4 Å². The maximum absolute atomic E-state index is 13.2. The van der Waals surface area contributed by atoms with Gasteiger partial charge in [-0.25, -0.2) is 4.79 Å². The van der Waals surface area contributed by atoms with E-state index in [9.17, 15) is 14.4 Å². The molecule has 7 nitrogen and oxygen atoms in total. The summed E-state index contributed by atoms with van der Waals surface area (Å²) in [5.74, 6) is -0.669. The molecule has 0 radical (unpaired) electrons. The molecular weight excluding hydrogens is 360 g/mol. The van der Waals surface area contributed by atoms with Crippen LogP contribution in [-0.2, 0) is 11.3 Å². The van der Waals surface area contributed by atoms with E-state index in [4.69, 9.17) is 9.15 Å². The fourth-order valence-corrected chi connectivity index (χ4v) is 3.69. The third-order valence-electron chi connectivity index (χ3n) is 5.13. The molecule has 7 heteroatoms. The lowest BCUT2D eigenvalue weighted by atomic mass is 10.0. The van der Waals surface area contributed by atoms with Gasteiger partial charge < -0.3 is 18.6 Å². The summed E-state index contributed by atoms with van der Waals surface area (Å²) in [6, 6.07) is 3.31. The van der Waals surface area contributed by atoms with E-state index in [0.29, 0.717) is 29.1 Å². The van der Waals surface area contributed by atoms with Crippen LogP contribution in [0.1, 0.15) is 69.3 Å². The first-order chi connectivity index (χ1) is 13.4. The second-order valence-corrected chi connectivity index (χ2v) is 6.96. The highest BCUT2D eigenvalue weighted by molar-refractivity contribution is 6.05. The summed E-state index contributed by atoms with van der Waals surface area (Å²) < 4.78 is 12.2. The molecule has 1 aliphatic rings. The molecule has 3 rings (SSSR count). The molecule has 2 aromatic heterocycles. The third kappa shape index (κ3) is 3.61. The van der Waals surface area contributed by atoms with Crippen molar-refractivity contribution in [2.75, 3.05) is 13.2 Å². The largest absolute Gasteiger partial charge is 0.461 e. The average Bonchev–Trinajstić information content (AvgIpc) is 3.28. The molecule has 1 fully saturated rings. The van der Waals surface area contributed by atoms with Crippen molar-refractivity contribution in [2.45, 2.75) is 53.1 Å². The number of furan rings is 1. The Kier molecular flexibility index (Phi) is 5.72. The van der Waals surface area contributed by atoms with E-state index >= 15 is 0 Å². The first kappa shape index (κ1) is 19.9. The molecular formula is C21H26N2O5. The summed E-state index contributed by atoms with van der Waals surface area (Å²) in [7, 11) is 0. The molecule has 2 aromatic rings. The molecule has 0 spiro atoms. The number of esters is 1. The number of rotatable bonds is 8. The van der Waals surface area contributed by atoms with E-state index in [2.05, 4.69) is 0 Å². The minimum Gasteiger partial charge on any atom is -0.461 e. The van der Waals surface area contributed by atoms with Gasteiger partial charge in [-0.2, -0.15) is 0 Å². The Morgan fingerprint density at radius 3 is 2.50 bits per heavy atom. The van der Waals surface area contributed by atoms with Gasteiger partial charge in [-0.1, -0.05) is 0 Å². The van der Waals surface area contributed by atoms with Gasteiger partial charge in [0.15, 0.2) is 11.5 Å². The Morgan fingerprint density at radius 2 is 1.96 bits per heavy atom. The molecule has 0 N–H and O–H groups in total. The SMILES string of the molecule is CCOC(=O)c1c(C)c(C(=O)CN(C(=O)c2ccco2)C2CC2)c(C)n1CC. The predicted octanol–water partition coefficient (Wildman–Crippen LogP) is 3.38. The summed E-state index contributed by atoms with van der Waals surface area (Å²) in [6.07, 6.45) is 3.20. The highest BCUT2D eigenvalue weighted by atomic mass is 16.5. The number of hydrogen-bond acceptors (Lipinski definition) is 5. The van der Waals surface area contributed by atoms with Crippen LogP contribution in [-0.4, -0.2) is 46.3 Å². The van der Waals surface area contributed by atoms with Gasteiger partial charge in [-0.05, 0) is 58.2 Å². The van der Waals surface area contributed by atoms with E-state index in [1.807, 2.05) is 13.8 Å². The topological polar surface area (TPSA) is 81.8 Å². The maximum atomic E-state index is 13.2. The van der Waals surface area contributed by atoms with Crippen molar-refractivity contribution in [2.24, 2.45) is 0 Å². The van der Waals surface area contributed by atoms with Crippen LogP contribution < -0.4 is 0 Å². The highest BCUT2D eigenvalue weighted by Crippen LogP contribution is 2.30. The first-order valence-corrected chi connectivity index (χ1v) is 9.65. The van der Waals surface area contributed by atoms with Crippen LogP contribution in [0.3, 0.4) is 0 Å². The first-order valence-electron chi connectivity index (χ1n) is 9.65. The van der Waals surface area contributed by atoms with Crippen LogP contribution in [0, 0.1) is 13.8 Å². The number of ether oxygens (including phenoxy) is 1. The van der Waals surface area contributed by atoms with Gasteiger partial charge in [0.1, 0.15) is 5.69 Å². The maximum Gasteiger partial charge on any atom is 0.355 e. The predicted molar refractivity (Wildman–Crippen MR) is 103 cm³/mol. The van der Waals surface area contributed by atoms with Crippen LogP contribution in [0.2, 0.25) is 0 Å². The zero-order chi connectivity index (χ0) is 20.4. The summed E-state index contributed by atoms with van der Waals surface area (Å²) in [5, 5.41) is 0. The van der Waals surface area contributed by atoms with Crippen LogP contribution in [0.5, 0.6) is 0 Å². The number of Topliss-reactive ketones (excluding diaryl/α,β-unsaturated/α-hetero) is 1. The lowest BCUT2D eigenvalue weighted by Crippen LogP contribution is -2.37. The number of nitrogens with zero attached hydrogens (tertiary/aromatic N) is 2. The Bertz CT molecular complexity index is 891. The minimum atomic E-state index is -0.435. The molecule has 1 saturated carbocycles. The molecule has 0 saturated heterocycles. The van der Waals surface area contributed by atoms with Crippen molar-refractivity contribution in [3.8, 4) is 0 Å². The summed E-state index contributed by atoms with van der Waals surface area (Å²) in [5.41, 5.74) is 2.21. The number of carbonyl (C=O) groups is 3. The van der Waals surface area contributed by atoms with Gasteiger partial charge in [0.05, 0.1) is 19.4 Å². The monoisotopic (exact) mass is 386 g/mol. The molecule has 2 heterocycles. The zero-order valence-electron chi connectivity index (χ0n) is 16.8. The molecule has 28 heavy (non-hydrogen) atoms. The van der Waals surface area contributed by atoms with Crippen molar-refractivity contribution < 1.29 is 23.5 Å². The van der Waals surface area contributed by atoms with Crippen molar-refractivity contribution >= 4 is 17.7 Å². The Morgan fingerprint density at radius 1 is 1.25 bits per heavy atom. The highest BCUT2D eigenvalue weighted by Gasteiger charge is 2.37. The van der Waals surface area contributed by atoms with Crippen molar-refractivity contribution in [1.29, 1.82) is 0 Å². The zero-order valence-corrected chi connectivity index (χ0v) is 16.8. The normalized spacial score (nSPS) is 13.4. The molecule has 150 valence electrons. The van der Waals surface area contributed by atoms with Gasteiger partial charge in [0.25, 0.3) is 5.91 Å². The number of carbonyl (C=O) groups excluding carboxylic acids is 3. The smallest absolute Gasteiger partial charge is 0.355 e. The number of hydrogen-bond donors (Lipinski definition) is 0. The quantitative estimate of drug-likeness (QED) is 0.513. The van der Waals surface area contributed by atoms with E-state index < -0.39 is 5.97 Å². The molecule has 0 bridgehead atoms. The molecule has 1 amide bonds. The van der Waals surface area contributed by atoms with Gasteiger partial charge in [-0.15, -0.1) is 0 Å². The summed E-state index contributed by atoms with van der Waals surface area (Å²) >= 11 is 0. The number of amides is 1. The Balaban J connectivity index is 1.91. The second-order valence-electron chi connectivity index (χ2n) is 6.96. The van der Waals surface area contributed by atoms with Gasteiger partial charge in [0.2, 0.25) is 0 Å². The van der Waals surface area contributed by atoms with Crippen molar-refractivity contribution in [3.05, 3.63) is 46.7 Å². The molecule has 0 unspecified atom stereocenters. The summed E-state index contributed by atoms with van der Waals surface area (Å²) in [4.78, 5) is 39.9. The van der Waals surface area contributed by atoms with E-state index in [-0.39, 0.29) is 36.6 Å². The molecule has 0 aromatic carbocycles. The molecule has 0 aliphatic heterocycles.